The first-order valence-electron chi connectivity index (χ1n) is 11.2. The third-order valence-corrected chi connectivity index (χ3v) is 6.36. The summed E-state index contributed by atoms with van der Waals surface area (Å²) in [7, 11) is -3.76. The Hall–Kier alpha value is -3.85. The smallest absolute Gasteiger partial charge is 0.338 e. The Bertz CT molecular complexity index is 1260. The van der Waals surface area contributed by atoms with Crippen LogP contribution in [0.1, 0.15) is 35.7 Å². The van der Waals surface area contributed by atoms with Crippen molar-refractivity contribution in [3.63, 3.8) is 0 Å². The van der Waals surface area contributed by atoms with Gasteiger partial charge in [0.15, 0.2) is 6.61 Å². The molecule has 2 N–H and O–H groups in total. The number of hydrogen-bond donors (Lipinski definition) is 2. The minimum absolute atomic E-state index is 0.0870. The Labute approximate surface area is 205 Å². The molecule has 35 heavy (non-hydrogen) atoms. The molecule has 0 aromatic heterocycles. The Balaban J connectivity index is 1.54. The number of benzene rings is 3. The summed E-state index contributed by atoms with van der Waals surface area (Å²) in [6, 6.07) is 19.4. The lowest BCUT2D eigenvalue weighted by Gasteiger charge is -2.12. The zero-order chi connectivity index (χ0) is 25.3. The lowest BCUT2D eigenvalue weighted by atomic mass is 10.2. The molecule has 0 radical (unpaired) electrons. The number of carbonyl (C=O) groups excluding carboxylic acids is 2. The maximum Gasteiger partial charge on any atom is 0.338 e. The van der Waals surface area contributed by atoms with E-state index in [2.05, 4.69) is 10.0 Å². The molecule has 0 unspecified atom stereocenters. The molecule has 0 bridgehead atoms. The highest BCUT2D eigenvalue weighted by Gasteiger charge is 2.16. The third-order valence-electron chi connectivity index (χ3n) is 4.98. The number of anilines is 2. The number of nitrogens with one attached hydrogen (secondary N) is 2. The molecule has 3 rings (SSSR count). The number of unbranched alkanes of at least 4 members (excludes halogenated alkanes) is 1. The highest BCUT2D eigenvalue weighted by Crippen LogP contribution is 2.23. The molecular formula is C26H28N2O6S. The van der Waals surface area contributed by atoms with Gasteiger partial charge in [0, 0.05) is 11.4 Å². The number of aryl methyl sites for hydroxylation is 1. The van der Waals surface area contributed by atoms with Gasteiger partial charge in [-0.25, -0.2) is 13.2 Å². The van der Waals surface area contributed by atoms with Gasteiger partial charge in [-0.15, -0.1) is 0 Å². The van der Waals surface area contributed by atoms with Gasteiger partial charge in [0.1, 0.15) is 5.75 Å². The fourth-order valence-electron chi connectivity index (χ4n) is 3.09. The van der Waals surface area contributed by atoms with Crippen LogP contribution in [0.5, 0.6) is 5.75 Å². The molecule has 8 nitrogen and oxygen atoms in total. The molecule has 3 aromatic rings. The van der Waals surface area contributed by atoms with Crippen LogP contribution in [0, 0.1) is 6.92 Å². The van der Waals surface area contributed by atoms with E-state index in [1.807, 2.05) is 6.92 Å². The van der Waals surface area contributed by atoms with E-state index in [0.717, 1.165) is 12.8 Å². The van der Waals surface area contributed by atoms with E-state index in [0.29, 0.717) is 34.9 Å². The van der Waals surface area contributed by atoms with E-state index in [1.165, 1.54) is 18.2 Å². The highest BCUT2D eigenvalue weighted by atomic mass is 32.2. The molecule has 9 heteroatoms. The average molecular weight is 497 g/mol. The van der Waals surface area contributed by atoms with Gasteiger partial charge in [0.2, 0.25) is 0 Å². The van der Waals surface area contributed by atoms with Crippen LogP contribution in [0.25, 0.3) is 0 Å². The zero-order valence-electron chi connectivity index (χ0n) is 19.6. The van der Waals surface area contributed by atoms with Crippen LogP contribution in [0.15, 0.2) is 77.7 Å². The zero-order valence-corrected chi connectivity index (χ0v) is 20.4. The molecule has 0 aliphatic heterocycles. The van der Waals surface area contributed by atoms with Gasteiger partial charge in [-0.1, -0.05) is 31.5 Å². The first-order valence-corrected chi connectivity index (χ1v) is 12.6. The predicted octanol–water partition coefficient (Wildman–Crippen LogP) is 4.77. The predicted molar refractivity (Wildman–Crippen MR) is 134 cm³/mol. The number of ether oxygens (including phenoxy) is 2. The van der Waals surface area contributed by atoms with Crippen molar-refractivity contribution >= 4 is 33.3 Å². The van der Waals surface area contributed by atoms with Crippen molar-refractivity contribution in [2.75, 3.05) is 23.3 Å². The van der Waals surface area contributed by atoms with Gasteiger partial charge >= 0.3 is 5.97 Å². The monoisotopic (exact) mass is 496 g/mol. The first-order chi connectivity index (χ1) is 16.8. The Kier molecular flexibility index (Phi) is 8.86. The van der Waals surface area contributed by atoms with Crippen LogP contribution in [-0.4, -0.2) is 33.5 Å². The molecule has 0 aliphatic carbocycles. The largest absolute Gasteiger partial charge is 0.483 e. The van der Waals surface area contributed by atoms with E-state index < -0.39 is 21.9 Å². The summed E-state index contributed by atoms with van der Waals surface area (Å²) in [4.78, 5) is 24.3. The molecule has 1 amide bonds. The lowest BCUT2D eigenvalue weighted by Crippen LogP contribution is -2.20. The number of hydrogen-bond acceptors (Lipinski definition) is 6. The van der Waals surface area contributed by atoms with Gasteiger partial charge in [-0.05, 0) is 73.5 Å². The normalized spacial score (nSPS) is 10.9. The van der Waals surface area contributed by atoms with Crippen LogP contribution >= 0.6 is 0 Å². The topological polar surface area (TPSA) is 111 Å². The van der Waals surface area contributed by atoms with E-state index in [1.54, 1.807) is 61.5 Å². The number of rotatable bonds is 11. The minimum atomic E-state index is -3.76. The summed E-state index contributed by atoms with van der Waals surface area (Å²) in [5.74, 6) is -0.409. The number of carbonyl (C=O) groups is 2. The van der Waals surface area contributed by atoms with Crippen LogP contribution < -0.4 is 14.8 Å². The number of para-hydroxylation sites is 1. The third kappa shape index (κ3) is 7.58. The maximum atomic E-state index is 12.6. The Morgan fingerprint density at radius 1 is 0.914 bits per heavy atom. The van der Waals surface area contributed by atoms with Gasteiger partial charge in [-0.2, -0.15) is 0 Å². The molecule has 0 saturated heterocycles. The SMILES string of the molecule is CCCCOC(=O)c1ccc(NC(=O)COc2ccc(S(=O)(=O)Nc3ccccc3)cc2C)cc1. The van der Waals surface area contributed by atoms with E-state index in [-0.39, 0.29) is 11.5 Å². The highest BCUT2D eigenvalue weighted by molar-refractivity contribution is 7.92. The second kappa shape index (κ2) is 12.0. The van der Waals surface area contributed by atoms with Crippen molar-refractivity contribution in [3.05, 3.63) is 83.9 Å². The summed E-state index contributed by atoms with van der Waals surface area (Å²) in [5, 5.41) is 2.69. The van der Waals surface area contributed by atoms with Crippen molar-refractivity contribution in [2.24, 2.45) is 0 Å². The van der Waals surface area contributed by atoms with Gasteiger partial charge in [0.25, 0.3) is 15.9 Å². The standard InChI is InChI=1S/C26H28N2O6S/c1-3-4-16-33-26(30)20-10-12-21(13-11-20)27-25(29)18-34-24-15-14-23(17-19(24)2)35(31,32)28-22-8-6-5-7-9-22/h5-15,17,28H,3-4,16,18H2,1-2H3,(H,27,29). The Morgan fingerprint density at radius 2 is 1.63 bits per heavy atom. The molecule has 0 fully saturated rings. The van der Waals surface area contributed by atoms with Gasteiger partial charge < -0.3 is 14.8 Å². The van der Waals surface area contributed by atoms with Crippen LogP contribution in [0.2, 0.25) is 0 Å². The summed E-state index contributed by atoms with van der Waals surface area (Å²) < 4.78 is 38.5. The van der Waals surface area contributed by atoms with Crippen LogP contribution in [0.4, 0.5) is 11.4 Å². The lowest BCUT2D eigenvalue weighted by molar-refractivity contribution is -0.118. The van der Waals surface area contributed by atoms with E-state index in [9.17, 15) is 18.0 Å². The number of sulfonamides is 1. The number of esters is 1. The van der Waals surface area contributed by atoms with Crippen molar-refractivity contribution in [2.45, 2.75) is 31.6 Å². The second-order valence-corrected chi connectivity index (χ2v) is 9.48. The van der Waals surface area contributed by atoms with Crippen LogP contribution in [-0.2, 0) is 19.6 Å². The van der Waals surface area contributed by atoms with Crippen LogP contribution in [0.3, 0.4) is 0 Å². The molecular weight excluding hydrogens is 468 g/mol. The molecule has 0 atom stereocenters. The van der Waals surface area contributed by atoms with Crippen molar-refractivity contribution in [3.8, 4) is 5.75 Å². The van der Waals surface area contributed by atoms with E-state index >= 15 is 0 Å². The Morgan fingerprint density at radius 3 is 2.29 bits per heavy atom. The maximum absolute atomic E-state index is 12.6. The quantitative estimate of drug-likeness (QED) is 0.292. The van der Waals surface area contributed by atoms with Gasteiger partial charge in [-0.3, -0.25) is 9.52 Å². The van der Waals surface area contributed by atoms with Gasteiger partial charge in [0.05, 0.1) is 17.1 Å². The molecule has 184 valence electrons. The van der Waals surface area contributed by atoms with Crippen molar-refractivity contribution in [1.82, 2.24) is 0 Å². The summed E-state index contributed by atoms with van der Waals surface area (Å²) in [6.07, 6.45) is 1.75. The summed E-state index contributed by atoms with van der Waals surface area (Å²) in [6.45, 7) is 3.82. The molecule has 0 saturated carbocycles. The summed E-state index contributed by atoms with van der Waals surface area (Å²) >= 11 is 0. The molecule has 3 aromatic carbocycles. The first kappa shape index (κ1) is 25.8. The second-order valence-electron chi connectivity index (χ2n) is 7.80. The molecule has 0 heterocycles. The average Bonchev–Trinajstić information content (AvgIpc) is 2.84. The molecule has 0 aliphatic rings. The fourth-order valence-corrected chi connectivity index (χ4v) is 4.24. The van der Waals surface area contributed by atoms with Crippen molar-refractivity contribution < 1.29 is 27.5 Å². The fraction of sp³-hybridized carbons (Fsp3) is 0.231. The number of amides is 1. The minimum Gasteiger partial charge on any atom is -0.483 e. The van der Waals surface area contributed by atoms with Crippen molar-refractivity contribution in [1.29, 1.82) is 0 Å². The summed E-state index contributed by atoms with van der Waals surface area (Å²) in [5.41, 5.74) is 1.94. The molecule has 0 spiro atoms. The van der Waals surface area contributed by atoms with E-state index in [4.69, 9.17) is 9.47 Å².